The minimum Gasteiger partial charge on any atom is -0.481 e. The third kappa shape index (κ3) is 15.6. The van der Waals surface area contributed by atoms with E-state index >= 15 is 0 Å². The maximum absolute atomic E-state index is 11.2. The Morgan fingerprint density at radius 3 is 1.70 bits per heavy atom. The summed E-state index contributed by atoms with van der Waals surface area (Å²) < 4.78 is 4.84. The largest absolute Gasteiger partial charge is 0.481 e. The number of rotatable bonds is 16. The summed E-state index contributed by atoms with van der Waals surface area (Å²) in [6.45, 7) is 2.49. The van der Waals surface area contributed by atoms with Crippen LogP contribution in [0.25, 0.3) is 0 Å². The molecule has 0 rings (SSSR count). The van der Waals surface area contributed by atoms with Crippen molar-refractivity contribution in [2.45, 2.75) is 96.5 Å². The fraction of sp³-hybridized carbons (Fsp3) is 0.889. The number of carbonyl (C=O) groups is 2. The number of carboxylic acid groups (broad SMARTS) is 1. The number of hydrogen-bond donors (Lipinski definition) is 2. The summed E-state index contributed by atoms with van der Waals surface area (Å²) in [7, 11) is 0. The third-order valence-electron chi connectivity index (χ3n) is 3.88. The highest BCUT2D eigenvalue weighted by Crippen LogP contribution is 2.12. The van der Waals surface area contributed by atoms with Gasteiger partial charge in [-0.1, -0.05) is 77.6 Å². The molecular weight excluding hydrogens is 296 g/mol. The molecule has 5 heteroatoms. The maximum atomic E-state index is 11.2. The van der Waals surface area contributed by atoms with E-state index in [9.17, 15) is 14.7 Å². The van der Waals surface area contributed by atoms with Crippen LogP contribution in [0.5, 0.6) is 0 Å². The van der Waals surface area contributed by atoms with Crippen molar-refractivity contribution < 1.29 is 24.5 Å². The van der Waals surface area contributed by atoms with Gasteiger partial charge in [0.25, 0.3) is 0 Å². The second-order valence-corrected chi connectivity index (χ2v) is 6.17. The molecule has 0 saturated carbocycles. The standard InChI is InChI=1S/C18H34O5/c1-2-3-4-5-6-7-8-9-10-11-12-13-14-23-18(22)16(19)15-17(20)21/h16,19H,2-15H2,1H3,(H,20,21). The predicted octanol–water partition coefficient (Wildman–Crippen LogP) is 4.07. The number of carbonyl (C=O) groups excluding carboxylic acids is 1. The van der Waals surface area contributed by atoms with E-state index in [0.29, 0.717) is 0 Å². The summed E-state index contributed by atoms with van der Waals surface area (Å²) in [5, 5.41) is 17.7. The van der Waals surface area contributed by atoms with Crippen molar-refractivity contribution in [3.63, 3.8) is 0 Å². The number of aliphatic carboxylic acids is 1. The molecule has 0 aliphatic heterocycles. The zero-order valence-electron chi connectivity index (χ0n) is 14.6. The van der Waals surface area contributed by atoms with Gasteiger partial charge in [0.05, 0.1) is 13.0 Å². The molecule has 0 aromatic carbocycles. The second-order valence-electron chi connectivity index (χ2n) is 6.17. The van der Waals surface area contributed by atoms with Gasteiger partial charge in [0, 0.05) is 0 Å². The van der Waals surface area contributed by atoms with Gasteiger partial charge in [-0.05, 0) is 6.42 Å². The predicted molar refractivity (Wildman–Crippen MR) is 90.3 cm³/mol. The first kappa shape index (κ1) is 21.9. The number of hydrogen-bond acceptors (Lipinski definition) is 4. The van der Waals surface area contributed by atoms with Crippen molar-refractivity contribution >= 4 is 11.9 Å². The van der Waals surface area contributed by atoms with Gasteiger partial charge in [-0.25, -0.2) is 4.79 Å². The first-order valence-electron chi connectivity index (χ1n) is 9.14. The molecule has 0 aliphatic carbocycles. The molecule has 136 valence electrons. The van der Waals surface area contributed by atoms with E-state index in [1.807, 2.05) is 0 Å². The summed E-state index contributed by atoms with van der Waals surface area (Å²) in [5.41, 5.74) is 0. The molecule has 1 atom stereocenters. The lowest BCUT2D eigenvalue weighted by molar-refractivity contribution is -0.158. The lowest BCUT2D eigenvalue weighted by Crippen LogP contribution is -2.26. The Bertz CT molecular complexity index is 304. The third-order valence-corrected chi connectivity index (χ3v) is 3.88. The Hall–Kier alpha value is -1.10. The van der Waals surface area contributed by atoms with Crippen LogP contribution in [0.2, 0.25) is 0 Å². The van der Waals surface area contributed by atoms with Crippen LogP contribution in [0.4, 0.5) is 0 Å². The zero-order valence-corrected chi connectivity index (χ0v) is 14.6. The fourth-order valence-corrected chi connectivity index (χ4v) is 2.46. The summed E-state index contributed by atoms with van der Waals surface area (Å²) >= 11 is 0. The van der Waals surface area contributed by atoms with Crippen LogP contribution in [-0.2, 0) is 14.3 Å². The lowest BCUT2D eigenvalue weighted by Gasteiger charge is -2.08. The molecule has 23 heavy (non-hydrogen) atoms. The summed E-state index contributed by atoms with van der Waals surface area (Å²) in [6, 6.07) is 0. The average molecular weight is 330 g/mol. The van der Waals surface area contributed by atoms with Crippen LogP contribution in [0.3, 0.4) is 0 Å². The molecule has 0 fully saturated rings. The zero-order chi connectivity index (χ0) is 17.3. The van der Waals surface area contributed by atoms with Crippen molar-refractivity contribution in [3.05, 3.63) is 0 Å². The smallest absolute Gasteiger partial charge is 0.335 e. The van der Waals surface area contributed by atoms with E-state index in [2.05, 4.69) is 6.92 Å². The van der Waals surface area contributed by atoms with Crippen molar-refractivity contribution in [1.82, 2.24) is 0 Å². The van der Waals surface area contributed by atoms with Gasteiger partial charge in [0.2, 0.25) is 0 Å². The number of carboxylic acids is 1. The minimum absolute atomic E-state index is 0.257. The van der Waals surface area contributed by atoms with Crippen LogP contribution in [0.15, 0.2) is 0 Å². The normalized spacial score (nSPS) is 12.1. The van der Waals surface area contributed by atoms with Gasteiger partial charge in [0.1, 0.15) is 0 Å². The van der Waals surface area contributed by atoms with Gasteiger partial charge in [-0.2, -0.15) is 0 Å². The molecule has 0 saturated heterocycles. The topological polar surface area (TPSA) is 83.8 Å². The Morgan fingerprint density at radius 1 is 0.826 bits per heavy atom. The van der Waals surface area contributed by atoms with Crippen LogP contribution in [-0.4, -0.2) is 34.9 Å². The van der Waals surface area contributed by atoms with Crippen molar-refractivity contribution in [2.24, 2.45) is 0 Å². The summed E-state index contributed by atoms with van der Waals surface area (Å²) in [6.07, 6.45) is 12.6. The Balaban J connectivity index is 3.24. The van der Waals surface area contributed by atoms with Gasteiger partial charge in [-0.15, -0.1) is 0 Å². The highest BCUT2D eigenvalue weighted by Gasteiger charge is 2.19. The second kappa shape index (κ2) is 15.8. The number of aliphatic hydroxyl groups is 1. The molecule has 1 unspecified atom stereocenters. The van der Waals surface area contributed by atoms with Crippen LogP contribution in [0, 0.1) is 0 Å². The molecule has 0 aromatic rings. The van der Waals surface area contributed by atoms with Crippen LogP contribution < -0.4 is 0 Å². The van der Waals surface area contributed by atoms with E-state index in [1.165, 1.54) is 57.8 Å². The van der Waals surface area contributed by atoms with E-state index in [1.54, 1.807) is 0 Å². The number of esters is 1. The molecule has 0 spiro atoms. The number of ether oxygens (including phenoxy) is 1. The maximum Gasteiger partial charge on any atom is 0.335 e. The van der Waals surface area contributed by atoms with Gasteiger partial charge >= 0.3 is 11.9 Å². The Morgan fingerprint density at radius 2 is 1.26 bits per heavy atom. The molecular formula is C18H34O5. The Labute approximate surface area is 140 Å². The van der Waals surface area contributed by atoms with E-state index < -0.39 is 24.5 Å². The molecule has 2 N–H and O–H groups in total. The van der Waals surface area contributed by atoms with Crippen LogP contribution >= 0.6 is 0 Å². The van der Waals surface area contributed by atoms with Crippen molar-refractivity contribution in [2.75, 3.05) is 6.61 Å². The van der Waals surface area contributed by atoms with Gasteiger partial charge < -0.3 is 14.9 Å². The minimum atomic E-state index is -1.55. The quantitative estimate of drug-likeness (QED) is 0.329. The number of unbranched alkanes of at least 4 members (excludes halogenated alkanes) is 11. The first-order valence-corrected chi connectivity index (χ1v) is 9.14. The van der Waals surface area contributed by atoms with E-state index in [-0.39, 0.29) is 6.61 Å². The summed E-state index contributed by atoms with van der Waals surface area (Å²) in [5.74, 6) is -2.05. The lowest BCUT2D eigenvalue weighted by atomic mass is 10.1. The van der Waals surface area contributed by atoms with Gasteiger partial charge in [0.15, 0.2) is 6.10 Å². The van der Waals surface area contributed by atoms with Crippen molar-refractivity contribution in [1.29, 1.82) is 0 Å². The SMILES string of the molecule is CCCCCCCCCCCCCCOC(=O)C(O)CC(=O)O. The number of aliphatic hydroxyl groups excluding tert-OH is 1. The van der Waals surface area contributed by atoms with Crippen molar-refractivity contribution in [3.8, 4) is 0 Å². The average Bonchev–Trinajstić information content (AvgIpc) is 2.51. The molecule has 0 bridgehead atoms. The van der Waals surface area contributed by atoms with E-state index in [4.69, 9.17) is 9.84 Å². The van der Waals surface area contributed by atoms with E-state index in [0.717, 1.165) is 19.3 Å². The molecule has 5 nitrogen and oxygen atoms in total. The van der Waals surface area contributed by atoms with Crippen LogP contribution in [0.1, 0.15) is 90.4 Å². The fourth-order valence-electron chi connectivity index (χ4n) is 2.46. The Kier molecular flexibility index (Phi) is 15.0. The summed E-state index contributed by atoms with van der Waals surface area (Å²) in [4.78, 5) is 21.6. The molecule has 0 aliphatic rings. The van der Waals surface area contributed by atoms with Gasteiger partial charge in [-0.3, -0.25) is 4.79 Å². The molecule has 0 amide bonds. The molecule has 0 heterocycles. The highest BCUT2D eigenvalue weighted by molar-refractivity contribution is 5.80. The first-order chi connectivity index (χ1) is 11.1. The highest BCUT2D eigenvalue weighted by atomic mass is 16.5. The monoisotopic (exact) mass is 330 g/mol. The molecule has 0 radical (unpaired) electrons. The molecule has 0 aromatic heterocycles.